The second kappa shape index (κ2) is 18.0. The molecule has 2 aliphatic rings. The van der Waals surface area contributed by atoms with Gasteiger partial charge in [-0.3, -0.25) is 0 Å². The molecular formula is C44H56O. The number of rotatable bonds is 0. The maximum atomic E-state index is 6.36. The lowest BCUT2D eigenvalue weighted by molar-refractivity contribution is 0.666. The van der Waals surface area contributed by atoms with Crippen molar-refractivity contribution in [1.29, 1.82) is 0 Å². The first-order valence-electron chi connectivity index (χ1n) is 17.5. The van der Waals surface area contributed by atoms with Crippen molar-refractivity contribution in [3.05, 3.63) is 131 Å². The van der Waals surface area contributed by atoms with Gasteiger partial charge in [0.15, 0.2) is 0 Å². The number of furan rings is 1. The van der Waals surface area contributed by atoms with Gasteiger partial charge in [0.2, 0.25) is 0 Å². The second-order valence-corrected chi connectivity index (χ2v) is 9.59. The van der Waals surface area contributed by atoms with Gasteiger partial charge in [-0.15, -0.1) is 0 Å². The molecule has 6 aromatic rings. The van der Waals surface area contributed by atoms with Crippen LogP contribution in [0, 0.1) is 0 Å². The Balaban J connectivity index is 0.000000485. The molecule has 45 heavy (non-hydrogen) atoms. The standard InChI is InChI=1S/C31H18O.C3H8.5C2H6/c1-5-13-25-19(9-1)20-10-2-6-14-26(20)31(25)27-15-7-3-11-21(27)23-17-24-22-12-4-8-16-29(22)32-30(24)18-28(23)31;1-3-2;5*1-2/h1-18H;3H2,1-2H3;5*1-2H3. The monoisotopic (exact) mass is 600 g/mol. The molecule has 0 amide bonds. The molecule has 0 saturated heterocycles. The van der Waals surface area contributed by atoms with Crippen LogP contribution in [0.1, 0.15) is 112 Å². The van der Waals surface area contributed by atoms with E-state index in [1.807, 2.05) is 75.3 Å². The number of hydrogen-bond donors (Lipinski definition) is 0. The first-order chi connectivity index (χ1) is 22.3. The van der Waals surface area contributed by atoms with Crippen LogP contribution >= 0.6 is 0 Å². The van der Waals surface area contributed by atoms with E-state index in [-0.39, 0.29) is 5.41 Å². The predicted octanol–water partition coefficient (Wildman–Crippen LogP) is 14.5. The first kappa shape index (κ1) is 37.1. The number of hydrogen-bond acceptors (Lipinski definition) is 1. The Morgan fingerprint density at radius 3 is 1.24 bits per heavy atom. The van der Waals surface area contributed by atoms with E-state index in [2.05, 4.69) is 117 Å². The van der Waals surface area contributed by atoms with Crippen LogP contribution in [-0.4, -0.2) is 0 Å². The van der Waals surface area contributed by atoms with Gasteiger partial charge < -0.3 is 4.42 Å². The predicted molar refractivity (Wildman–Crippen MR) is 203 cm³/mol. The fourth-order valence-corrected chi connectivity index (χ4v) is 6.31. The molecule has 8 rings (SSSR count). The van der Waals surface area contributed by atoms with E-state index < -0.39 is 0 Å². The molecule has 0 bridgehead atoms. The minimum Gasteiger partial charge on any atom is -0.456 e. The summed E-state index contributed by atoms with van der Waals surface area (Å²) in [6.45, 7) is 24.2. The third-order valence-corrected chi connectivity index (χ3v) is 7.49. The van der Waals surface area contributed by atoms with E-state index in [4.69, 9.17) is 4.42 Å². The van der Waals surface area contributed by atoms with Gasteiger partial charge in [0.1, 0.15) is 11.2 Å². The molecule has 0 N–H and O–H groups in total. The van der Waals surface area contributed by atoms with Crippen molar-refractivity contribution in [2.75, 3.05) is 0 Å². The van der Waals surface area contributed by atoms with E-state index in [0.29, 0.717) is 0 Å². The quantitative estimate of drug-likeness (QED) is 0.169. The van der Waals surface area contributed by atoms with Crippen molar-refractivity contribution >= 4 is 21.9 Å². The fourth-order valence-electron chi connectivity index (χ4n) is 6.31. The SMILES string of the molecule is CC.CC.CC.CC.CC.CCC.c1ccc2c(c1)-c1ccccc1C21c2ccccc2-c2cc3c(cc21)oc1ccccc13. The highest BCUT2D eigenvalue weighted by atomic mass is 16.3. The van der Waals surface area contributed by atoms with Gasteiger partial charge >= 0.3 is 0 Å². The Bertz CT molecular complexity index is 1710. The van der Waals surface area contributed by atoms with Gasteiger partial charge in [-0.05, 0) is 62.7 Å². The molecule has 2 aliphatic carbocycles. The van der Waals surface area contributed by atoms with Crippen LogP contribution in [0.5, 0.6) is 0 Å². The zero-order valence-corrected chi connectivity index (χ0v) is 30.0. The molecule has 1 heteroatoms. The fraction of sp³-hybridized carbons (Fsp3) is 0.318. The third-order valence-electron chi connectivity index (χ3n) is 7.49. The first-order valence-corrected chi connectivity index (χ1v) is 17.5. The summed E-state index contributed by atoms with van der Waals surface area (Å²) < 4.78 is 6.36. The Labute approximate surface area is 274 Å². The summed E-state index contributed by atoms with van der Waals surface area (Å²) in [4.78, 5) is 0. The zero-order chi connectivity index (χ0) is 33.6. The average molecular weight is 601 g/mol. The molecule has 0 radical (unpaired) electrons. The van der Waals surface area contributed by atoms with Crippen molar-refractivity contribution in [3.63, 3.8) is 0 Å². The molecule has 1 aromatic heterocycles. The van der Waals surface area contributed by atoms with E-state index in [1.54, 1.807) is 0 Å². The smallest absolute Gasteiger partial charge is 0.135 e. The number of benzene rings is 5. The van der Waals surface area contributed by atoms with Crippen molar-refractivity contribution in [2.45, 2.75) is 94.9 Å². The van der Waals surface area contributed by atoms with Crippen LogP contribution in [0.4, 0.5) is 0 Å². The van der Waals surface area contributed by atoms with Crippen LogP contribution < -0.4 is 0 Å². The second-order valence-electron chi connectivity index (χ2n) is 9.59. The van der Waals surface area contributed by atoms with Crippen LogP contribution in [0.15, 0.2) is 114 Å². The maximum absolute atomic E-state index is 6.36. The zero-order valence-electron chi connectivity index (χ0n) is 30.0. The summed E-state index contributed by atoms with van der Waals surface area (Å²) in [6, 6.07) is 39.7. The molecule has 238 valence electrons. The molecule has 0 aliphatic heterocycles. The lowest BCUT2D eigenvalue weighted by Gasteiger charge is -2.30. The van der Waals surface area contributed by atoms with Crippen LogP contribution in [0.25, 0.3) is 44.2 Å². The van der Waals surface area contributed by atoms with Gasteiger partial charge in [-0.2, -0.15) is 0 Å². The topological polar surface area (TPSA) is 13.1 Å². The van der Waals surface area contributed by atoms with E-state index in [1.165, 1.54) is 61.7 Å². The minimum absolute atomic E-state index is 0.313. The molecule has 1 heterocycles. The van der Waals surface area contributed by atoms with Gasteiger partial charge in [-0.1, -0.05) is 181 Å². The average Bonchev–Trinajstić information content (AvgIpc) is 3.75. The van der Waals surface area contributed by atoms with Crippen LogP contribution in [-0.2, 0) is 5.41 Å². The molecule has 0 atom stereocenters. The Hall–Kier alpha value is -4.10. The van der Waals surface area contributed by atoms with Crippen molar-refractivity contribution in [1.82, 2.24) is 0 Å². The van der Waals surface area contributed by atoms with Crippen LogP contribution in [0.2, 0.25) is 0 Å². The molecule has 5 aromatic carbocycles. The Morgan fingerprint density at radius 2 is 0.778 bits per heavy atom. The van der Waals surface area contributed by atoms with E-state index in [0.717, 1.165) is 11.2 Å². The van der Waals surface area contributed by atoms with Crippen LogP contribution in [0.3, 0.4) is 0 Å². The Morgan fingerprint density at radius 1 is 0.400 bits per heavy atom. The summed E-state index contributed by atoms with van der Waals surface area (Å²) in [5, 5.41) is 2.36. The van der Waals surface area contributed by atoms with Gasteiger partial charge in [0.25, 0.3) is 0 Å². The molecule has 0 fully saturated rings. The summed E-state index contributed by atoms with van der Waals surface area (Å²) in [6.07, 6.45) is 1.25. The molecule has 1 nitrogen and oxygen atoms in total. The summed E-state index contributed by atoms with van der Waals surface area (Å²) in [5.41, 5.74) is 12.3. The number of para-hydroxylation sites is 1. The highest BCUT2D eigenvalue weighted by Gasteiger charge is 2.51. The molecule has 1 spiro atoms. The molecule has 0 unspecified atom stereocenters. The lowest BCUT2D eigenvalue weighted by atomic mass is 9.70. The highest BCUT2D eigenvalue weighted by Crippen LogP contribution is 2.63. The van der Waals surface area contributed by atoms with Crippen molar-refractivity contribution < 1.29 is 4.42 Å². The van der Waals surface area contributed by atoms with Crippen molar-refractivity contribution in [2.24, 2.45) is 0 Å². The normalized spacial score (nSPS) is 11.4. The van der Waals surface area contributed by atoms with Gasteiger partial charge in [0, 0.05) is 10.8 Å². The maximum Gasteiger partial charge on any atom is 0.135 e. The van der Waals surface area contributed by atoms with Crippen molar-refractivity contribution in [3.8, 4) is 22.3 Å². The summed E-state index contributed by atoms with van der Waals surface area (Å²) >= 11 is 0. The third kappa shape index (κ3) is 6.23. The largest absolute Gasteiger partial charge is 0.456 e. The van der Waals surface area contributed by atoms with E-state index >= 15 is 0 Å². The molecular weight excluding hydrogens is 544 g/mol. The molecule has 0 saturated carbocycles. The van der Waals surface area contributed by atoms with Gasteiger partial charge in [-0.25, -0.2) is 0 Å². The highest BCUT2D eigenvalue weighted by molar-refractivity contribution is 6.09. The Kier molecular flexibility index (Phi) is 14.8. The lowest BCUT2D eigenvalue weighted by Crippen LogP contribution is -2.25. The number of fused-ring (bicyclic) bond motifs is 13. The minimum atomic E-state index is -0.313. The van der Waals surface area contributed by atoms with E-state index in [9.17, 15) is 0 Å². The summed E-state index contributed by atoms with van der Waals surface area (Å²) in [5.74, 6) is 0. The van der Waals surface area contributed by atoms with Gasteiger partial charge in [0.05, 0.1) is 5.41 Å². The summed E-state index contributed by atoms with van der Waals surface area (Å²) in [7, 11) is 0.